The van der Waals surface area contributed by atoms with Gasteiger partial charge in [-0.2, -0.15) is 0 Å². The van der Waals surface area contributed by atoms with E-state index in [2.05, 4.69) is 60.7 Å². The van der Waals surface area contributed by atoms with E-state index in [0.29, 0.717) is 10.8 Å². The SMILES string of the molecule is c1ccc([C@@H]2[C@@H](c3ccccc3)C3(CC3)C23CC3)cc1. The number of rotatable bonds is 2. The van der Waals surface area contributed by atoms with Crippen molar-refractivity contribution >= 4 is 0 Å². The lowest BCUT2D eigenvalue weighted by atomic mass is 9.47. The molecule has 2 aromatic carbocycles. The second-order valence-corrected chi connectivity index (χ2v) is 7.09. The first kappa shape index (κ1) is 11.1. The first-order valence-electron chi connectivity index (χ1n) is 7.97. The number of hydrogen-bond donors (Lipinski definition) is 0. The van der Waals surface area contributed by atoms with Crippen LogP contribution >= 0.6 is 0 Å². The summed E-state index contributed by atoms with van der Waals surface area (Å²) >= 11 is 0. The maximum absolute atomic E-state index is 2.36. The highest BCUT2D eigenvalue weighted by Gasteiger charge is 2.80. The molecule has 0 aliphatic heterocycles. The van der Waals surface area contributed by atoms with Gasteiger partial charge in [0.15, 0.2) is 0 Å². The Bertz CT molecular complexity index is 573. The van der Waals surface area contributed by atoms with E-state index >= 15 is 0 Å². The zero-order valence-corrected chi connectivity index (χ0v) is 11.8. The molecule has 0 N–H and O–H groups in total. The Morgan fingerprint density at radius 3 is 1.20 bits per heavy atom. The van der Waals surface area contributed by atoms with Gasteiger partial charge in [-0.25, -0.2) is 0 Å². The van der Waals surface area contributed by atoms with E-state index in [1.807, 2.05) is 0 Å². The fourth-order valence-corrected chi connectivity index (χ4v) is 5.39. The Balaban J connectivity index is 1.62. The summed E-state index contributed by atoms with van der Waals surface area (Å²) in [6, 6.07) is 22.6. The van der Waals surface area contributed by atoms with Gasteiger partial charge >= 0.3 is 0 Å². The highest BCUT2D eigenvalue weighted by molar-refractivity contribution is 5.47. The highest BCUT2D eigenvalue weighted by atomic mass is 14.8. The van der Waals surface area contributed by atoms with Crippen molar-refractivity contribution in [2.75, 3.05) is 0 Å². The van der Waals surface area contributed by atoms with Crippen molar-refractivity contribution in [2.24, 2.45) is 10.8 Å². The molecule has 0 amide bonds. The quantitative estimate of drug-likeness (QED) is 0.702. The molecule has 0 bridgehead atoms. The third kappa shape index (κ3) is 1.19. The fraction of sp³-hybridized carbons (Fsp3) is 0.400. The molecule has 3 saturated carbocycles. The van der Waals surface area contributed by atoms with E-state index in [1.165, 1.54) is 25.7 Å². The lowest BCUT2D eigenvalue weighted by Gasteiger charge is -2.56. The maximum Gasteiger partial charge on any atom is -0.00254 e. The standard InChI is InChI=1S/C20H20/c1-3-7-15(8-4-1)17-18(16-9-5-2-6-10-16)20(13-14-20)19(17)11-12-19/h1-10,17-18H,11-14H2/t17-,18-/m1/s1. The van der Waals surface area contributed by atoms with Crippen molar-refractivity contribution in [2.45, 2.75) is 37.5 Å². The molecule has 3 fully saturated rings. The summed E-state index contributed by atoms with van der Waals surface area (Å²) in [6.45, 7) is 0. The predicted octanol–water partition coefficient (Wildman–Crippen LogP) is 5.13. The topological polar surface area (TPSA) is 0 Å². The van der Waals surface area contributed by atoms with Crippen LogP contribution in [-0.2, 0) is 0 Å². The molecule has 3 aliphatic carbocycles. The maximum atomic E-state index is 2.36. The molecule has 100 valence electrons. The van der Waals surface area contributed by atoms with Gasteiger partial charge in [-0.15, -0.1) is 0 Å². The van der Waals surface area contributed by atoms with Gasteiger partial charge < -0.3 is 0 Å². The van der Waals surface area contributed by atoms with Gasteiger partial charge in [-0.05, 0) is 59.5 Å². The summed E-state index contributed by atoms with van der Waals surface area (Å²) in [6.07, 6.45) is 5.87. The van der Waals surface area contributed by atoms with Gasteiger partial charge in [0.2, 0.25) is 0 Å². The highest BCUT2D eigenvalue weighted by Crippen LogP contribution is 2.90. The minimum absolute atomic E-state index is 0.675. The Labute approximate surface area is 120 Å². The van der Waals surface area contributed by atoms with Crippen LogP contribution in [0.5, 0.6) is 0 Å². The molecule has 0 heterocycles. The Morgan fingerprint density at radius 2 is 0.900 bits per heavy atom. The van der Waals surface area contributed by atoms with Crippen LogP contribution in [0.15, 0.2) is 60.7 Å². The Kier molecular flexibility index (Phi) is 1.98. The predicted molar refractivity (Wildman–Crippen MR) is 81.7 cm³/mol. The average molecular weight is 260 g/mol. The third-order valence-electron chi connectivity index (χ3n) is 6.41. The van der Waals surface area contributed by atoms with Crippen molar-refractivity contribution in [1.82, 2.24) is 0 Å². The second-order valence-electron chi connectivity index (χ2n) is 7.09. The zero-order chi connectivity index (χ0) is 13.2. The minimum Gasteiger partial charge on any atom is -0.0622 e. The minimum atomic E-state index is 0.675. The molecule has 0 nitrogen and oxygen atoms in total. The zero-order valence-electron chi connectivity index (χ0n) is 11.8. The number of hydrogen-bond acceptors (Lipinski definition) is 0. The molecule has 5 rings (SSSR count). The molecule has 0 radical (unpaired) electrons. The van der Waals surface area contributed by atoms with Gasteiger partial charge in [0, 0.05) is 0 Å². The van der Waals surface area contributed by atoms with Crippen LogP contribution in [0.4, 0.5) is 0 Å². The van der Waals surface area contributed by atoms with E-state index in [1.54, 1.807) is 11.1 Å². The van der Waals surface area contributed by atoms with Gasteiger partial charge in [-0.3, -0.25) is 0 Å². The number of benzene rings is 2. The molecular formula is C20H20. The van der Waals surface area contributed by atoms with Gasteiger partial charge in [-0.1, -0.05) is 60.7 Å². The molecular weight excluding hydrogens is 240 g/mol. The Hall–Kier alpha value is -1.56. The van der Waals surface area contributed by atoms with Crippen molar-refractivity contribution in [1.29, 1.82) is 0 Å². The number of fused-ring (bicyclic) bond motifs is 1. The summed E-state index contributed by atoms with van der Waals surface area (Å²) in [4.78, 5) is 0. The normalized spacial score (nSPS) is 31.0. The molecule has 0 saturated heterocycles. The summed E-state index contributed by atoms with van der Waals surface area (Å²) in [5.41, 5.74) is 4.51. The summed E-state index contributed by atoms with van der Waals surface area (Å²) < 4.78 is 0. The molecule has 3 aliphatic rings. The smallest absolute Gasteiger partial charge is 0.00254 e. The third-order valence-corrected chi connectivity index (χ3v) is 6.41. The first-order valence-corrected chi connectivity index (χ1v) is 7.97. The van der Waals surface area contributed by atoms with Crippen LogP contribution in [0.3, 0.4) is 0 Å². The Morgan fingerprint density at radius 1 is 0.550 bits per heavy atom. The summed E-state index contributed by atoms with van der Waals surface area (Å²) in [5.74, 6) is 1.54. The molecule has 2 atom stereocenters. The second kappa shape index (κ2) is 3.55. The van der Waals surface area contributed by atoms with Crippen molar-refractivity contribution < 1.29 is 0 Å². The first-order chi connectivity index (χ1) is 9.87. The molecule has 2 aromatic rings. The van der Waals surface area contributed by atoms with Gasteiger partial charge in [0.1, 0.15) is 0 Å². The van der Waals surface area contributed by atoms with Crippen molar-refractivity contribution in [3.63, 3.8) is 0 Å². The van der Waals surface area contributed by atoms with Crippen LogP contribution in [0.2, 0.25) is 0 Å². The van der Waals surface area contributed by atoms with Crippen LogP contribution < -0.4 is 0 Å². The lowest BCUT2D eigenvalue weighted by molar-refractivity contribution is 0.0367. The van der Waals surface area contributed by atoms with Crippen LogP contribution in [0, 0.1) is 10.8 Å². The van der Waals surface area contributed by atoms with Gasteiger partial charge in [0.05, 0.1) is 0 Å². The largest absolute Gasteiger partial charge is 0.0622 e. The van der Waals surface area contributed by atoms with Crippen molar-refractivity contribution in [3.8, 4) is 0 Å². The summed E-state index contributed by atoms with van der Waals surface area (Å²) in [7, 11) is 0. The molecule has 0 aromatic heterocycles. The molecule has 0 heteroatoms. The van der Waals surface area contributed by atoms with E-state index in [-0.39, 0.29) is 0 Å². The molecule has 20 heavy (non-hydrogen) atoms. The average Bonchev–Trinajstić information content (AvgIpc) is 3.39. The van der Waals surface area contributed by atoms with Crippen LogP contribution in [0.1, 0.15) is 48.6 Å². The van der Waals surface area contributed by atoms with Crippen molar-refractivity contribution in [3.05, 3.63) is 71.8 Å². The van der Waals surface area contributed by atoms with Crippen LogP contribution in [0.25, 0.3) is 0 Å². The monoisotopic (exact) mass is 260 g/mol. The van der Waals surface area contributed by atoms with Gasteiger partial charge in [0.25, 0.3) is 0 Å². The van der Waals surface area contributed by atoms with E-state index in [0.717, 1.165) is 11.8 Å². The van der Waals surface area contributed by atoms with E-state index in [4.69, 9.17) is 0 Å². The lowest BCUT2D eigenvalue weighted by Crippen LogP contribution is -2.47. The van der Waals surface area contributed by atoms with E-state index < -0.39 is 0 Å². The molecule has 0 unspecified atom stereocenters. The van der Waals surface area contributed by atoms with Crippen LogP contribution in [-0.4, -0.2) is 0 Å². The van der Waals surface area contributed by atoms with E-state index in [9.17, 15) is 0 Å². The summed E-state index contributed by atoms with van der Waals surface area (Å²) in [5, 5.41) is 0. The fourth-order valence-electron chi connectivity index (χ4n) is 5.39. The molecule has 2 spiro atoms.